The van der Waals surface area contributed by atoms with Gasteiger partial charge in [-0.1, -0.05) is 6.42 Å². The summed E-state index contributed by atoms with van der Waals surface area (Å²) >= 11 is 0. The molecule has 5 nitrogen and oxygen atoms in total. The number of hydrogen-bond acceptors (Lipinski definition) is 3. The van der Waals surface area contributed by atoms with E-state index in [9.17, 15) is 14.7 Å². The highest BCUT2D eigenvalue weighted by molar-refractivity contribution is 6.10. The van der Waals surface area contributed by atoms with Crippen LogP contribution in [0.3, 0.4) is 0 Å². The summed E-state index contributed by atoms with van der Waals surface area (Å²) in [5.74, 6) is -0.487. The van der Waals surface area contributed by atoms with Gasteiger partial charge >= 0.3 is 0 Å². The van der Waals surface area contributed by atoms with E-state index in [-0.39, 0.29) is 18.6 Å². The molecular formula is C17H20N2O3. The van der Waals surface area contributed by atoms with Crippen LogP contribution in [-0.2, 0) is 4.79 Å². The smallest absolute Gasteiger partial charge is 0.254 e. The van der Waals surface area contributed by atoms with E-state index in [1.54, 1.807) is 24.3 Å². The Bertz CT molecular complexity index is 634. The molecule has 1 fully saturated rings. The fourth-order valence-electron chi connectivity index (χ4n) is 3.52. The second-order valence-electron chi connectivity index (χ2n) is 5.83. The number of rotatable bonds is 4. The zero-order valence-electron chi connectivity index (χ0n) is 12.4. The molecule has 3 N–H and O–H groups in total. The van der Waals surface area contributed by atoms with Gasteiger partial charge in [0.1, 0.15) is 0 Å². The fourth-order valence-corrected chi connectivity index (χ4v) is 3.52. The topological polar surface area (TPSA) is 83.6 Å². The van der Waals surface area contributed by atoms with Crippen LogP contribution < -0.4 is 10.6 Å². The van der Waals surface area contributed by atoms with Crippen molar-refractivity contribution in [3.05, 3.63) is 41.0 Å². The lowest BCUT2D eigenvalue weighted by Crippen LogP contribution is -2.36. The second-order valence-corrected chi connectivity index (χ2v) is 5.83. The first-order chi connectivity index (χ1) is 10.6. The molecule has 1 aliphatic carbocycles. The third-order valence-electron chi connectivity index (χ3n) is 4.54. The molecule has 0 saturated heterocycles. The minimum absolute atomic E-state index is 0.00819. The second kappa shape index (κ2) is 5.93. The minimum Gasteiger partial charge on any atom is -0.396 e. The maximum Gasteiger partial charge on any atom is 0.254 e. The number of carbonyl (C=O) groups is 2. The molecule has 1 atom stereocenters. The van der Waals surface area contributed by atoms with Crippen molar-refractivity contribution >= 4 is 17.5 Å². The number of nitrogens with zero attached hydrogens (tertiary/aromatic N) is 1. The highest BCUT2D eigenvalue weighted by atomic mass is 16.3. The Morgan fingerprint density at radius 2 is 2.00 bits per heavy atom. The van der Waals surface area contributed by atoms with E-state index in [0.29, 0.717) is 12.0 Å². The largest absolute Gasteiger partial charge is 0.396 e. The number of carbonyl (C=O) groups excluding carboxylic acids is 2. The summed E-state index contributed by atoms with van der Waals surface area (Å²) < 4.78 is 0. The van der Waals surface area contributed by atoms with E-state index in [1.807, 2.05) is 4.90 Å². The molecule has 22 heavy (non-hydrogen) atoms. The van der Waals surface area contributed by atoms with Crippen LogP contribution in [0.4, 0.5) is 5.69 Å². The number of hydrogen-bond donors (Lipinski definition) is 2. The van der Waals surface area contributed by atoms with Crippen LogP contribution in [0, 0.1) is 0 Å². The molecule has 0 spiro atoms. The van der Waals surface area contributed by atoms with Gasteiger partial charge < -0.3 is 15.7 Å². The molecule has 3 rings (SSSR count). The van der Waals surface area contributed by atoms with Crippen LogP contribution >= 0.6 is 0 Å². The number of aliphatic hydroxyl groups excluding tert-OH is 1. The Kier molecular flexibility index (Phi) is 3.98. The van der Waals surface area contributed by atoms with Crippen LogP contribution in [0.15, 0.2) is 35.4 Å². The van der Waals surface area contributed by atoms with Crippen molar-refractivity contribution in [1.29, 1.82) is 0 Å². The molecule has 0 radical (unpaired) electrons. The van der Waals surface area contributed by atoms with Gasteiger partial charge in [-0.15, -0.1) is 0 Å². The lowest BCUT2D eigenvalue weighted by Gasteiger charge is -2.30. The first-order valence-corrected chi connectivity index (χ1v) is 7.69. The Hall–Kier alpha value is -2.14. The quantitative estimate of drug-likeness (QED) is 0.888. The van der Waals surface area contributed by atoms with Crippen LogP contribution in [0.2, 0.25) is 0 Å². The van der Waals surface area contributed by atoms with E-state index >= 15 is 0 Å². The number of fused-ring (bicyclic) bond motifs is 1. The molecule has 5 heteroatoms. The standard InChI is InChI=1S/C17H20N2O3/c18-16(21)11-5-7-12(8-6-11)19-15-4-2-1-3-13(15)14(9-10-20)17(19)22/h5-8,15,20H,1-4,9-10H2,(H2,18,21). The van der Waals surface area contributed by atoms with Crippen molar-refractivity contribution in [1.82, 2.24) is 0 Å². The van der Waals surface area contributed by atoms with E-state index < -0.39 is 5.91 Å². The summed E-state index contributed by atoms with van der Waals surface area (Å²) in [6.45, 7) is -0.00819. The predicted octanol–water partition coefficient (Wildman–Crippen LogP) is 1.75. The Labute approximate surface area is 129 Å². The molecule has 1 aliphatic heterocycles. The molecule has 1 saturated carbocycles. The minimum atomic E-state index is -0.475. The molecule has 1 aromatic carbocycles. The van der Waals surface area contributed by atoms with Crippen LogP contribution in [0.5, 0.6) is 0 Å². The number of aliphatic hydroxyl groups is 1. The summed E-state index contributed by atoms with van der Waals surface area (Å²) in [5, 5.41) is 9.23. The summed E-state index contributed by atoms with van der Waals surface area (Å²) in [5.41, 5.74) is 8.43. The third kappa shape index (κ3) is 2.41. The summed E-state index contributed by atoms with van der Waals surface area (Å²) in [6, 6.07) is 6.94. The van der Waals surface area contributed by atoms with Crippen LogP contribution in [0.1, 0.15) is 42.5 Å². The first kappa shape index (κ1) is 14.8. The van der Waals surface area contributed by atoms with Crippen molar-refractivity contribution in [2.45, 2.75) is 38.1 Å². The molecular weight excluding hydrogens is 280 g/mol. The van der Waals surface area contributed by atoms with Gasteiger partial charge in [-0.3, -0.25) is 9.59 Å². The van der Waals surface area contributed by atoms with Gasteiger partial charge in [0.05, 0.1) is 6.04 Å². The van der Waals surface area contributed by atoms with Gasteiger partial charge in [-0.05, 0) is 49.1 Å². The van der Waals surface area contributed by atoms with Gasteiger partial charge in [0.2, 0.25) is 5.91 Å². The van der Waals surface area contributed by atoms with Gasteiger partial charge in [0.25, 0.3) is 5.91 Å². The van der Waals surface area contributed by atoms with Crippen molar-refractivity contribution in [2.75, 3.05) is 11.5 Å². The molecule has 0 bridgehead atoms. The molecule has 2 amide bonds. The van der Waals surface area contributed by atoms with E-state index in [4.69, 9.17) is 5.73 Å². The summed E-state index contributed by atoms with van der Waals surface area (Å²) in [7, 11) is 0. The fraction of sp³-hybridized carbons (Fsp3) is 0.412. The molecule has 1 unspecified atom stereocenters. The highest BCUT2D eigenvalue weighted by Gasteiger charge is 2.40. The Morgan fingerprint density at radius 3 is 2.64 bits per heavy atom. The number of anilines is 1. The molecule has 1 aromatic rings. The maximum absolute atomic E-state index is 12.7. The normalized spacial score (nSPS) is 21.2. The molecule has 116 valence electrons. The first-order valence-electron chi connectivity index (χ1n) is 7.69. The van der Waals surface area contributed by atoms with Crippen molar-refractivity contribution < 1.29 is 14.7 Å². The number of primary amides is 1. The van der Waals surface area contributed by atoms with Crippen LogP contribution in [0.25, 0.3) is 0 Å². The number of benzene rings is 1. The zero-order valence-corrected chi connectivity index (χ0v) is 12.4. The third-order valence-corrected chi connectivity index (χ3v) is 4.54. The van der Waals surface area contributed by atoms with Gasteiger partial charge in [0.15, 0.2) is 0 Å². The zero-order chi connectivity index (χ0) is 15.7. The summed E-state index contributed by atoms with van der Waals surface area (Å²) in [4.78, 5) is 25.7. The van der Waals surface area contributed by atoms with Crippen LogP contribution in [-0.4, -0.2) is 29.6 Å². The molecule has 0 aromatic heterocycles. The van der Waals surface area contributed by atoms with Crippen molar-refractivity contribution in [2.24, 2.45) is 5.73 Å². The van der Waals surface area contributed by atoms with Crippen molar-refractivity contribution in [3.8, 4) is 0 Å². The van der Waals surface area contributed by atoms with E-state index in [0.717, 1.165) is 36.9 Å². The Balaban J connectivity index is 1.94. The molecule has 2 aliphatic rings. The average Bonchev–Trinajstić information content (AvgIpc) is 2.80. The van der Waals surface area contributed by atoms with E-state index in [2.05, 4.69) is 0 Å². The van der Waals surface area contributed by atoms with Gasteiger partial charge in [-0.25, -0.2) is 0 Å². The lowest BCUT2D eigenvalue weighted by atomic mass is 9.88. The molecule has 1 heterocycles. The average molecular weight is 300 g/mol. The number of nitrogens with two attached hydrogens (primary N) is 1. The lowest BCUT2D eigenvalue weighted by molar-refractivity contribution is -0.115. The highest BCUT2D eigenvalue weighted by Crippen LogP contribution is 2.40. The monoisotopic (exact) mass is 300 g/mol. The van der Waals surface area contributed by atoms with Crippen molar-refractivity contribution in [3.63, 3.8) is 0 Å². The predicted molar refractivity (Wildman–Crippen MR) is 83.4 cm³/mol. The Morgan fingerprint density at radius 1 is 1.27 bits per heavy atom. The van der Waals surface area contributed by atoms with E-state index in [1.165, 1.54) is 5.57 Å². The van der Waals surface area contributed by atoms with Gasteiger partial charge in [0, 0.05) is 29.9 Å². The maximum atomic E-state index is 12.7. The number of amides is 2. The SMILES string of the molecule is NC(=O)c1ccc(N2C(=O)C(CCO)=C3CCCCC32)cc1. The summed E-state index contributed by atoms with van der Waals surface area (Å²) in [6.07, 6.45) is 4.50. The van der Waals surface area contributed by atoms with Gasteiger partial charge in [-0.2, -0.15) is 0 Å².